The molecule has 2 rings (SSSR count). The molecule has 0 aliphatic heterocycles. The Bertz CT molecular complexity index is 719. The summed E-state index contributed by atoms with van der Waals surface area (Å²) in [5.41, 5.74) is 1.35. The van der Waals surface area contributed by atoms with Crippen LogP contribution >= 0.6 is 23.2 Å². The molecule has 23 heavy (non-hydrogen) atoms. The second-order valence-electron chi connectivity index (χ2n) is 4.94. The third-order valence-corrected chi connectivity index (χ3v) is 4.18. The van der Waals surface area contributed by atoms with Crippen molar-refractivity contribution in [2.75, 3.05) is 14.2 Å². The summed E-state index contributed by atoms with van der Waals surface area (Å²) in [6, 6.07) is 10.1. The van der Waals surface area contributed by atoms with Crippen LogP contribution in [0.5, 0.6) is 11.5 Å². The monoisotopic (exact) mass is 353 g/mol. The molecule has 1 unspecified atom stereocenters. The summed E-state index contributed by atoms with van der Waals surface area (Å²) in [6.45, 7) is 1.87. The number of rotatable bonds is 5. The highest BCUT2D eigenvalue weighted by Crippen LogP contribution is 2.28. The minimum atomic E-state index is -0.218. The molecule has 4 nitrogen and oxygen atoms in total. The maximum Gasteiger partial charge on any atom is 0.251 e. The van der Waals surface area contributed by atoms with Gasteiger partial charge >= 0.3 is 0 Å². The summed E-state index contributed by atoms with van der Waals surface area (Å²) in [7, 11) is 3.07. The maximum atomic E-state index is 12.4. The average Bonchev–Trinajstić information content (AvgIpc) is 2.56. The van der Waals surface area contributed by atoms with Gasteiger partial charge in [0.15, 0.2) is 11.5 Å². The van der Waals surface area contributed by atoms with E-state index in [1.165, 1.54) is 7.11 Å². The summed E-state index contributed by atoms with van der Waals surface area (Å²) in [5.74, 6) is 0.855. The Kier molecular flexibility index (Phi) is 5.74. The SMILES string of the molecule is COc1ccc(C(=O)NC(C)c2ccc(Cl)c(Cl)c2)cc1OC. The number of hydrogen-bond donors (Lipinski definition) is 1. The minimum Gasteiger partial charge on any atom is -0.493 e. The zero-order valence-electron chi connectivity index (χ0n) is 13.0. The smallest absolute Gasteiger partial charge is 0.251 e. The zero-order chi connectivity index (χ0) is 17.0. The Morgan fingerprint density at radius 2 is 1.70 bits per heavy atom. The molecule has 0 bridgehead atoms. The first kappa shape index (κ1) is 17.4. The molecule has 1 amide bonds. The summed E-state index contributed by atoms with van der Waals surface area (Å²) in [4.78, 5) is 12.4. The highest BCUT2D eigenvalue weighted by atomic mass is 35.5. The lowest BCUT2D eigenvalue weighted by Crippen LogP contribution is -2.26. The fourth-order valence-corrected chi connectivity index (χ4v) is 2.43. The minimum absolute atomic E-state index is 0.217. The molecular weight excluding hydrogens is 337 g/mol. The molecule has 2 aromatic carbocycles. The lowest BCUT2D eigenvalue weighted by atomic mass is 10.1. The molecule has 0 saturated carbocycles. The molecule has 1 atom stereocenters. The van der Waals surface area contributed by atoms with E-state index in [-0.39, 0.29) is 11.9 Å². The number of amides is 1. The van der Waals surface area contributed by atoms with E-state index in [0.29, 0.717) is 27.1 Å². The predicted octanol–water partition coefficient (Wildman–Crippen LogP) is 4.50. The average molecular weight is 354 g/mol. The van der Waals surface area contributed by atoms with Gasteiger partial charge in [-0.2, -0.15) is 0 Å². The zero-order valence-corrected chi connectivity index (χ0v) is 14.5. The Morgan fingerprint density at radius 1 is 1.00 bits per heavy atom. The van der Waals surface area contributed by atoms with Crippen molar-refractivity contribution >= 4 is 29.1 Å². The highest BCUT2D eigenvalue weighted by Gasteiger charge is 2.14. The molecule has 1 N–H and O–H groups in total. The van der Waals surface area contributed by atoms with Gasteiger partial charge in [-0.25, -0.2) is 0 Å². The topological polar surface area (TPSA) is 47.6 Å². The van der Waals surface area contributed by atoms with Crippen LogP contribution in [-0.2, 0) is 0 Å². The Morgan fingerprint density at radius 3 is 2.30 bits per heavy atom. The van der Waals surface area contributed by atoms with Crippen LogP contribution in [0.25, 0.3) is 0 Å². The number of carbonyl (C=O) groups is 1. The van der Waals surface area contributed by atoms with Gasteiger partial charge in [0, 0.05) is 5.56 Å². The van der Waals surface area contributed by atoms with E-state index in [2.05, 4.69) is 5.32 Å². The number of hydrogen-bond acceptors (Lipinski definition) is 3. The first-order valence-electron chi connectivity index (χ1n) is 6.94. The van der Waals surface area contributed by atoms with Gasteiger partial charge in [0.05, 0.1) is 30.3 Å². The van der Waals surface area contributed by atoms with Crippen LogP contribution in [0.2, 0.25) is 10.0 Å². The van der Waals surface area contributed by atoms with Gasteiger partial charge in [-0.05, 0) is 42.8 Å². The van der Waals surface area contributed by atoms with Crippen LogP contribution in [0, 0.1) is 0 Å². The molecule has 0 aromatic heterocycles. The lowest BCUT2D eigenvalue weighted by molar-refractivity contribution is 0.0939. The molecule has 0 radical (unpaired) electrons. The summed E-state index contributed by atoms with van der Waals surface area (Å²) >= 11 is 11.9. The summed E-state index contributed by atoms with van der Waals surface area (Å²) < 4.78 is 10.4. The third-order valence-electron chi connectivity index (χ3n) is 3.44. The van der Waals surface area contributed by atoms with Crippen molar-refractivity contribution < 1.29 is 14.3 Å². The number of nitrogens with one attached hydrogen (secondary N) is 1. The van der Waals surface area contributed by atoms with Crippen LogP contribution in [0.1, 0.15) is 28.9 Å². The van der Waals surface area contributed by atoms with Crippen molar-refractivity contribution in [2.45, 2.75) is 13.0 Å². The van der Waals surface area contributed by atoms with E-state index >= 15 is 0 Å². The van der Waals surface area contributed by atoms with Crippen molar-refractivity contribution in [2.24, 2.45) is 0 Å². The number of ether oxygens (including phenoxy) is 2. The Hall–Kier alpha value is -1.91. The number of carbonyl (C=O) groups excluding carboxylic acids is 1. The van der Waals surface area contributed by atoms with Crippen molar-refractivity contribution in [1.82, 2.24) is 5.32 Å². The normalized spacial score (nSPS) is 11.7. The second kappa shape index (κ2) is 7.57. The molecule has 0 aliphatic carbocycles. The molecule has 6 heteroatoms. The molecule has 0 spiro atoms. The lowest BCUT2D eigenvalue weighted by Gasteiger charge is -2.16. The largest absolute Gasteiger partial charge is 0.493 e. The maximum absolute atomic E-state index is 12.4. The first-order valence-corrected chi connectivity index (χ1v) is 7.69. The van der Waals surface area contributed by atoms with E-state index in [4.69, 9.17) is 32.7 Å². The summed E-state index contributed by atoms with van der Waals surface area (Å²) in [6.07, 6.45) is 0. The van der Waals surface area contributed by atoms with Crippen molar-refractivity contribution in [1.29, 1.82) is 0 Å². The fraction of sp³-hybridized carbons (Fsp3) is 0.235. The van der Waals surface area contributed by atoms with Gasteiger partial charge in [-0.1, -0.05) is 29.3 Å². The molecule has 0 heterocycles. The van der Waals surface area contributed by atoms with Gasteiger partial charge in [-0.3, -0.25) is 4.79 Å². The molecule has 0 saturated heterocycles. The highest BCUT2D eigenvalue weighted by molar-refractivity contribution is 6.42. The van der Waals surface area contributed by atoms with Gasteiger partial charge in [0.25, 0.3) is 5.91 Å². The quantitative estimate of drug-likeness (QED) is 0.860. The number of benzene rings is 2. The van der Waals surface area contributed by atoms with Gasteiger partial charge in [0.2, 0.25) is 0 Å². The summed E-state index contributed by atoms with van der Waals surface area (Å²) in [5, 5.41) is 3.85. The fourth-order valence-electron chi connectivity index (χ4n) is 2.12. The van der Waals surface area contributed by atoms with E-state index in [1.54, 1.807) is 37.4 Å². The van der Waals surface area contributed by atoms with Crippen LogP contribution in [0.3, 0.4) is 0 Å². The number of halogens is 2. The van der Waals surface area contributed by atoms with E-state index in [1.807, 2.05) is 13.0 Å². The Labute approximate surface area is 145 Å². The third kappa shape index (κ3) is 4.09. The van der Waals surface area contributed by atoms with E-state index in [0.717, 1.165) is 5.56 Å². The van der Waals surface area contributed by atoms with Crippen molar-refractivity contribution in [3.8, 4) is 11.5 Å². The molecule has 0 fully saturated rings. The molecule has 0 aliphatic rings. The first-order chi connectivity index (χ1) is 11.0. The second-order valence-corrected chi connectivity index (χ2v) is 5.75. The number of methoxy groups -OCH3 is 2. The van der Waals surface area contributed by atoms with Crippen LogP contribution < -0.4 is 14.8 Å². The van der Waals surface area contributed by atoms with Crippen molar-refractivity contribution in [3.63, 3.8) is 0 Å². The Balaban J connectivity index is 2.16. The van der Waals surface area contributed by atoms with Crippen LogP contribution in [-0.4, -0.2) is 20.1 Å². The van der Waals surface area contributed by atoms with Gasteiger partial charge in [-0.15, -0.1) is 0 Å². The molecular formula is C17H17Cl2NO3. The van der Waals surface area contributed by atoms with Crippen LogP contribution in [0.4, 0.5) is 0 Å². The van der Waals surface area contributed by atoms with Gasteiger partial charge < -0.3 is 14.8 Å². The van der Waals surface area contributed by atoms with Crippen LogP contribution in [0.15, 0.2) is 36.4 Å². The van der Waals surface area contributed by atoms with E-state index in [9.17, 15) is 4.79 Å². The predicted molar refractivity (Wildman–Crippen MR) is 91.9 cm³/mol. The standard InChI is InChI=1S/C17H17Cl2NO3/c1-10(11-4-6-13(18)14(19)8-11)20-17(21)12-5-7-15(22-2)16(9-12)23-3/h4-10H,1-3H3,(H,20,21). The van der Waals surface area contributed by atoms with Crippen molar-refractivity contribution in [3.05, 3.63) is 57.6 Å². The molecule has 122 valence electrons. The van der Waals surface area contributed by atoms with E-state index < -0.39 is 0 Å². The molecule has 2 aromatic rings. The van der Waals surface area contributed by atoms with Gasteiger partial charge in [0.1, 0.15) is 0 Å².